The molecule has 4 nitrogen and oxygen atoms in total. The molecule has 1 aromatic rings. The number of likely N-dealkylation sites (N-methyl/N-ethyl adjacent to an activating group) is 1. The predicted octanol–water partition coefficient (Wildman–Crippen LogP) is 1.67. The fourth-order valence-corrected chi connectivity index (χ4v) is 1.67. The SMILES string of the molecule is CC(C)OCCN(C)C(=O)c1cc(F)ccc1C#CCO. The van der Waals surface area contributed by atoms with Crippen LogP contribution in [0.2, 0.25) is 0 Å². The Bertz CT molecular complexity index is 546. The average molecular weight is 293 g/mol. The molecule has 0 fully saturated rings. The highest BCUT2D eigenvalue weighted by Gasteiger charge is 2.16. The summed E-state index contributed by atoms with van der Waals surface area (Å²) in [5, 5.41) is 8.73. The molecule has 0 aromatic heterocycles. The van der Waals surface area contributed by atoms with Gasteiger partial charge in [-0.2, -0.15) is 0 Å². The van der Waals surface area contributed by atoms with Crippen molar-refractivity contribution in [3.05, 3.63) is 35.1 Å². The van der Waals surface area contributed by atoms with Crippen molar-refractivity contribution < 1.29 is 19.0 Å². The van der Waals surface area contributed by atoms with Crippen LogP contribution in [0.15, 0.2) is 18.2 Å². The molecular weight excluding hydrogens is 273 g/mol. The molecule has 0 unspecified atom stereocenters. The van der Waals surface area contributed by atoms with Gasteiger partial charge in [0.1, 0.15) is 12.4 Å². The van der Waals surface area contributed by atoms with E-state index < -0.39 is 5.82 Å². The summed E-state index contributed by atoms with van der Waals surface area (Å²) in [6, 6.07) is 3.83. The van der Waals surface area contributed by atoms with Gasteiger partial charge in [-0.3, -0.25) is 4.79 Å². The molecule has 0 aliphatic rings. The zero-order valence-electron chi connectivity index (χ0n) is 12.5. The Morgan fingerprint density at radius 3 is 2.81 bits per heavy atom. The van der Waals surface area contributed by atoms with Gasteiger partial charge in [0, 0.05) is 19.2 Å². The molecule has 21 heavy (non-hydrogen) atoms. The summed E-state index contributed by atoms with van der Waals surface area (Å²) in [5.41, 5.74) is 0.579. The second-order valence-electron chi connectivity index (χ2n) is 4.80. The smallest absolute Gasteiger partial charge is 0.255 e. The van der Waals surface area contributed by atoms with E-state index >= 15 is 0 Å². The van der Waals surface area contributed by atoms with Crippen LogP contribution >= 0.6 is 0 Å². The van der Waals surface area contributed by atoms with Crippen LogP contribution in [0.25, 0.3) is 0 Å². The van der Waals surface area contributed by atoms with Crippen LogP contribution < -0.4 is 0 Å². The van der Waals surface area contributed by atoms with Gasteiger partial charge in [-0.1, -0.05) is 11.8 Å². The van der Waals surface area contributed by atoms with Crippen molar-refractivity contribution in [1.82, 2.24) is 4.90 Å². The summed E-state index contributed by atoms with van der Waals surface area (Å²) in [4.78, 5) is 13.8. The summed E-state index contributed by atoms with van der Waals surface area (Å²) in [7, 11) is 1.63. The number of carbonyl (C=O) groups excluding carboxylic acids is 1. The number of hydrogen-bond donors (Lipinski definition) is 1. The molecule has 0 saturated heterocycles. The first kappa shape index (κ1) is 17.2. The van der Waals surface area contributed by atoms with Crippen LogP contribution in [-0.2, 0) is 4.74 Å². The monoisotopic (exact) mass is 293 g/mol. The molecule has 0 atom stereocenters. The van der Waals surface area contributed by atoms with E-state index in [0.717, 1.165) is 6.07 Å². The molecule has 1 N–H and O–H groups in total. The Morgan fingerprint density at radius 1 is 1.48 bits per heavy atom. The van der Waals surface area contributed by atoms with Crippen LogP contribution in [0.3, 0.4) is 0 Å². The first-order chi connectivity index (χ1) is 9.95. The Balaban J connectivity index is 2.87. The minimum Gasteiger partial charge on any atom is -0.384 e. The average Bonchev–Trinajstić information content (AvgIpc) is 2.44. The van der Waals surface area contributed by atoms with Crippen molar-refractivity contribution in [1.29, 1.82) is 0 Å². The molecule has 0 aliphatic heterocycles. The highest BCUT2D eigenvalue weighted by atomic mass is 19.1. The number of aliphatic hydroxyl groups excluding tert-OH is 1. The van der Waals surface area contributed by atoms with Crippen LogP contribution in [0, 0.1) is 17.7 Å². The van der Waals surface area contributed by atoms with Gasteiger partial charge in [0.15, 0.2) is 0 Å². The summed E-state index contributed by atoms with van der Waals surface area (Å²) < 4.78 is 18.7. The molecule has 1 amide bonds. The number of nitrogens with zero attached hydrogens (tertiary/aromatic N) is 1. The first-order valence-corrected chi connectivity index (χ1v) is 6.72. The number of rotatable bonds is 5. The summed E-state index contributed by atoms with van der Waals surface area (Å²) >= 11 is 0. The molecule has 1 rings (SSSR count). The van der Waals surface area contributed by atoms with Gasteiger partial charge in [0.2, 0.25) is 0 Å². The van der Waals surface area contributed by atoms with Gasteiger partial charge in [0.25, 0.3) is 5.91 Å². The number of amides is 1. The molecule has 114 valence electrons. The van der Waals surface area contributed by atoms with Gasteiger partial charge < -0.3 is 14.7 Å². The minimum atomic E-state index is -0.500. The third kappa shape index (κ3) is 5.54. The lowest BCUT2D eigenvalue weighted by Crippen LogP contribution is -2.31. The lowest BCUT2D eigenvalue weighted by atomic mass is 10.1. The maximum absolute atomic E-state index is 13.4. The van der Waals surface area contributed by atoms with E-state index in [4.69, 9.17) is 9.84 Å². The number of carbonyl (C=O) groups is 1. The summed E-state index contributed by atoms with van der Waals surface area (Å²) in [6.45, 7) is 4.32. The minimum absolute atomic E-state index is 0.0913. The molecule has 5 heteroatoms. The molecule has 0 saturated carbocycles. The van der Waals surface area contributed by atoms with Crippen molar-refractivity contribution in [2.24, 2.45) is 0 Å². The van der Waals surface area contributed by atoms with Crippen LogP contribution in [-0.4, -0.2) is 48.8 Å². The maximum Gasteiger partial charge on any atom is 0.255 e. The van der Waals surface area contributed by atoms with E-state index in [9.17, 15) is 9.18 Å². The first-order valence-electron chi connectivity index (χ1n) is 6.72. The molecule has 0 aliphatic carbocycles. The maximum atomic E-state index is 13.4. The largest absolute Gasteiger partial charge is 0.384 e. The third-order valence-electron chi connectivity index (χ3n) is 2.74. The van der Waals surface area contributed by atoms with Gasteiger partial charge in [-0.05, 0) is 32.0 Å². The van der Waals surface area contributed by atoms with Crippen LogP contribution in [0.1, 0.15) is 29.8 Å². The molecule has 1 aromatic carbocycles. The Labute approximate surface area is 124 Å². The molecular formula is C16H20FNO3. The number of halogens is 1. The lowest BCUT2D eigenvalue weighted by Gasteiger charge is -2.19. The fraction of sp³-hybridized carbons (Fsp3) is 0.438. The Kier molecular flexibility index (Phi) is 6.86. The highest BCUT2D eigenvalue weighted by molar-refractivity contribution is 5.96. The highest BCUT2D eigenvalue weighted by Crippen LogP contribution is 2.13. The number of hydrogen-bond acceptors (Lipinski definition) is 3. The third-order valence-corrected chi connectivity index (χ3v) is 2.74. The van der Waals surface area contributed by atoms with Crippen molar-refractivity contribution in [3.8, 4) is 11.8 Å². The van der Waals surface area contributed by atoms with Crippen molar-refractivity contribution in [2.45, 2.75) is 20.0 Å². The van der Waals surface area contributed by atoms with E-state index in [1.54, 1.807) is 7.05 Å². The van der Waals surface area contributed by atoms with E-state index in [2.05, 4.69) is 11.8 Å². The Hall–Kier alpha value is -1.90. The second-order valence-corrected chi connectivity index (χ2v) is 4.80. The topological polar surface area (TPSA) is 49.8 Å². The number of aliphatic hydroxyl groups is 1. The van der Waals surface area contributed by atoms with E-state index in [1.807, 2.05) is 13.8 Å². The number of benzene rings is 1. The fourth-order valence-electron chi connectivity index (χ4n) is 1.67. The van der Waals surface area contributed by atoms with E-state index in [1.165, 1.54) is 17.0 Å². The second kappa shape index (κ2) is 8.40. The van der Waals surface area contributed by atoms with Crippen molar-refractivity contribution in [2.75, 3.05) is 26.8 Å². The quantitative estimate of drug-likeness (QED) is 0.840. The normalized spacial score (nSPS) is 10.2. The predicted molar refractivity (Wildman–Crippen MR) is 78.4 cm³/mol. The molecule has 0 radical (unpaired) electrons. The van der Waals surface area contributed by atoms with Crippen molar-refractivity contribution in [3.63, 3.8) is 0 Å². The van der Waals surface area contributed by atoms with Gasteiger partial charge >= 0.3 is 0 Å². The van der Waals surface area contributed by atoms with E-state index in [-0.39, 0.29) is 24.2 Å². The van der Waals surface area contributed by atoms with Crippen molar-refractivity contribution >= 4 is 5.91 Å². The van der Waals surface area contributed by atoms with E-state index in [0.29, 0.717) is 18.7 Å². The Morgan fingerprint density at radius 2 is 2.19 bits per heavy atom. The van der Waals surface area contributed by atoms with Gasteiger partial charge in [0.05, 0.1) is 18.3 Å². The molecule has 0 bridgehead atoms. The van der Waals surface area contributed by atoms with Gasteiger partial charge in [-0.25, -0.2) is 4.39 Å². The zero-order valence-corrected chi connectivity index (χ0v) is 12.5. The molecule has 0 heterocycles. The molecule has 0 spiro atoms. The lowest BCUT2D eigenvalue weighted by molar-refractivity contribution is 0.0531. The summed E-state index contributed by atoms with van der Waals surface area (Å²) in [6.07, 6.45) is 0.0913. The standard InChI is InChI=1S/C16H20FNO3/c1-12(2)21-10-8-18(3)16(20)15-11-14(17)7-6-13(15)5-4-9-19/h6-7,11-12,19H,8-10H2,1-3H3. The zero-order chi connectivity index (χ0) is 15.8. The van der Waals surface area contributed by atoms with Crippen LogP contribution in [0.5, 0.6) is 0 Å². The summed E-state index contributed by atoms with van der Waals surface area (Å²) in [5.74, 6) is 4.29. The van der Waals surface area contributed by atoms with Crippen LogP contribution in [0.4, 0.5) is 4.39 Å². The number of ether oxygens (including phenoxy) is 1. The van der Waals surface area contributed by atoms with Gasteiger partial charge in [-0.15, -0.1) is 0 Å².